The highest BCUT2D eigenvalue weighted by Gasteiger charge is 2.26. The zero-order chi connectivity index (χ0) is 20.2. The van der Waals surface area contributed by atoms with Gasteiger partial charge in [0, 0.05) is 35.1 Å². The van der Waals surface area contributed by atoms with E-state index in [2.05, 4.69) is 36.5 Å². The zero-order valence-electron chi connectivity index (χ0n) is 16.2. The number of amides is 1. The summed E-state index contributed by atoms with van der Waals surface area (Å²) in [4.78, 5) is 23.5. The lowest BCUT2D eigenvalue weighted by Gasteiger charge is -2.22. The normalized spacial score (nSPS) is 15.9. The molecule has 1 aliphatic carbocycles. The molecule has 0 spiro atoms. The number of carbonyl (C=O) groups excluding carboxylic acids is 1. The minimum atomic E-state index is 0.105. The highest BCUT2D eigenvalue weighted by Crippen LogP contribution is 2.41. The average molecular weight is 475 g/mol. The van der Waals surface area contributed by atoms with Crippen LogP contribution in [0.15, 0.2) is 35.1 Å². The SMILES string of the molecule is COCCNC(=O)CC1CCc2c(sc3ncnc(Nc4cccc(Br)c4)c23)C1. The Balaban J connectivity index is 1.52. The summed E-state index contributed by atoms with van der Waals surface area (Å²) in [5.74, 6) is 1.32. The van der Waals surface area contributed by atoms with Crippen molar-refractivity contribution in [2.45, 2.75) is 25.7 Å². The smallest absolute Gasteiger partial charge is 0.220 e. The Morgan fingerprint density at radius 1 is 1.38 bits per heavy atom. The Hall–Kier alpha value is -2.03. The first-order valence-corrected chi connectivity index (χ1v) is 11.3. The molecule has 1 aromatic carbocycles. The molecule has 1 amide bonds. The van der Waals surface area contributed by atoms with Crippen LogP contribution in [-0.4, -0.2) is 36.1 Å². The second kappa shape index (κ2) is 9.19. The van der Waals surface area contributed by atoms with E-state index in [1.165, 1.54) is 10.4 Å². The fourth-order valence-electron chi connectivity index (χ4n) is 3.78. The summed E-state index contributed by atoms with van der Waals surface area (Å²) >= 11 is 5.24. The molecule has 29 heavy (non-hydrogen) atoms. The standard InChI is InChI=1S/C21H23BrN4O2S/c1-28-8-7-23-18(27)10-13-5-6-16-17(9-13)29-21-19(16)20(24-12-25-21)26-15-4-2-3-14(22)11-15/h2-4,11-13H,5-10H2,1H3,(H,23,27)(H,24,25,26). The van der Waals surface area contributed by atoms with Gasteiger partial charge >= 0.3 is 0 Å². The van der Waals surface area contributed by atoms with Crippen LogP contribution < -0.4 is 10.6 Å². The van der Waals surface area contributed by atoms with Crippen LogP contribution in [0.2, 0.25) is 0 Å². The van der Waals surface area contributed by atoms with Crippen molar-refractivity contribution in [2.24, 2.45) is 5.92 Å². The van der Waals surface area contributed by atoms with E-state index in [-0.39, 0.29) is 5.91 Å². The van der Waals surface area contributed by atoms with Gasteiger partial charge in [0.2, 0.25) is 5.91 Å². The van der Waals surface area contributed by atoms with E-state index in [0.29, 0.717) is 25.5 Å². The number of benzene rings is 1. The molecule has 2 N–H and O–H groups in total. The molecule has 0 aliphatic heterocycles. The first-order valence-electron chi connectivity index (χ1n) is 9.67. The molecule has 2 heterocycles. The quantitative estimate of drug-likeness (QED) is 0.494. The predicted octanol–water partition coefficient (Wildman–Crippen LogP) is 4.46. The molecule has 4 rings (SSSR count). The number of fused-ring (bicyclic) bond motifs is 3. The van der Waals surface area contributed by atoms with E-state index >= 15 is 0 Å². The van der Waals surface area contributed by atoms with Crippen molar-refractivity contribution in [3.63, 3.8) is 0 Å². The molecule has 0 saturated heterocycles. The maximum atomic E-state index is 12.2. The van der Waals surface area contributed by atoms with Crippen molar-refractivity contribution in [1.82, 2.24) is 15.3 Å². The Bertz CT molecular complexity index is 1020. The van der Waals surface area contributed by atoms with Crippen LogP contribution in [0.1, 0.15) is 23.3 Å². The van der Waals surface area contributed by atoms with Crippen molar-refractivity contribution in [2.75, 3.05) is 25.6 Å². The number of hydrogen-bond acceptors (Lipinski definition) is 6. The summed E-state index contributed by atoms with van der Waals surface area (Å²) in [5, 5.41) is 7.49. The molecular weight excluding hydrogens is 452 g/mol. The number of halogens is 1. The van der Waals surface area contributed by atoms with E-state index in [1.807, 2.05) is 24.3 Å². The van der Waals surface area contributed by atoms with E-state index in [9.17, 15) is 4.79 Å². The van der Waals surface area contributed by atoms with Crippen molar-refractivity contribution in [3.8, 4) is 0 Å². The van der Waals surface area contributed by atoms with Gasteiger partial charge in [-0.15, -0.1) is 11.3 Å². The second-order valence-corrected chi connectivity index (χ2v) is 9.20. The summed E-state index contributed by atoms with van der Waals surface area (Å²) in [7, 11) is 1.64. The van der Waals surface area contributed by atoms with E-state index in [1.54, 1.807) is 24.8 Å². The highest BCUT2D eigenvalue weighted by atomic mass is 79.9. The largest absolute Gasteiger partial charge is 0.383 e. The van der Waals surface area contributed by atoms with Gasteiger partial charge < -0.3 is 15.4 Å². The Morgan fingerprint density at radius 2 is 2.28 bits per heavy atom. The molecule has 152 valence electrons. The topological polar surface area (TPSA) is 76.1 Å². The third kappa shape index (κ3) is 4.76. The van der Waals surface area contributed by atoms with Gasteiger partial charge in [-0.2, -0.15) is 0 Å². The van der Waals surface area contributed by atoms with Crippen LogP contribution in [0, 0.1) is 5.92 Å². The molecule has 1 aliphatic rings. The number of aryl methyl sites for hydroxylation is 1. The molecule has 8 heteroatoms. The van der Waals surface area contributed by atoms with Gasteiger partial charge in [0.1, 0.15) is 17.0 Å². The predicted molar refractivity (Wildman–Crippen MR) is 120 cm³/mol. The van der Waals surface area contributed by atoms with Crippen molar-refractivity contribution >= 4 is 54.9 Å². The molecule has 0 bridgehead atoms. The lowest BCUT2D eigenvalue weighted by atomic mass is 9.85. The molecule has 0 radical (unpaired) electrons. The lowest BCUT2D eigenvalue weighted by Crippen LogP contribution is -2.29. The van der Waals surface area contributed by atoms with Crippen LogP contribution >= 0.6 is 27.3 Å². The number of aromatic nitrogens is 2. The van der Waals surface area contributed by atoms with Crippen LogP contribution in [0.5, 0.6) is 0 Å². The minimum Gasteiger partial charge on any atom is -0.383 e. The monoisotopic (exact) mass is 474 g/mol. The van der Waals surface area contributed by atoms with E-state index in [4.69, 9.17) is 4.74 Å². The Kier molecular flexibility index (Phi) is 6.42. The number of thiophene rings is 1. The van der Waals surface area contributed by atoms with Gasteiger partial charge in [-0.3, -0.25) is 4.79 Å². The van der Waals surface area contributed by atoms with Crippen molar-refractivity contribution in [3.05, 3.63) is 45.5 Å². The summed E-state index contributed by atoms with van der Waals surface area (Å²) < 4.78 is 6.01. The molecule has 1 unspecified atom stereocenters. The van der Waals surface area contributed by atoms with Crippen molar-refractivity contribution < 1.29 is 9.53 Å². The molecule has 3 aromatic rings. The van der Waals surface area contributed by atoms with Crippen LogP contribution in [0.4, 0.5) is 11.5 Å². The number of nitrogens with zero attached hydrogens (tertiary/aromatic N) is 2. The molecule has 0 fully saturated rings. The van der Waals surface area contributed by atoms with Gasteiger partial charge in [0.15, 0.2) is 0 Å². The first-order chi connectivity index (χ1) is 14.1. The van der Waals surface area contributed by atoms with Gasteiger partial charge in [-0.05, 0) is 48.9 Å². The lowest BCUT2D eigenvalue weighted by molar-refractivity contribution is -0.122. The summed E-state index contributed by atoms with van der Waals surface area (Å²) in [6, 6.07) is 8.05. The van der Waals surface area contributed by atoms with Crippen LogP contribution in [0.25, 0.3) is 10.2 Å². The minimum absolute atomic E-state index is 0.105. The van der Waals surface area contributed by atoms with Gasteiger partial charge in [0.05, 0.1) is 12.0 Å². The number of ether oxygens (including phenoxy) is 1. The number of methoxy groups -OCH3 is 1. The number of anilines is 2. The Morgan fingerprint density at radius 3 is 3.10 bits per heavy atom. The molecule has 1 atom stereocenters. The Labute approximate surface area is 182 Å². The van der Waals surface area contributed by atoms with Gasteiger partial charge in [-0.25, -0.2) is 9.97 Å². The molecule has 0 saturated carbocycles. The first kappa shape index (κ1) is 20.3. The summed E-state index contributed by atoms with van der Waals surface area (Å²) in [6.45, 7) is 1.11. The second-order valence-electron chi connectivity index (χ2n) is 7.20. The fourth-order valence-corrected chi connectivity index (χ4v) is 5.48. The molecule has 2 aromatic heterocycles. The fraction of sp³-hybridized carbons (Fsp3) is 0.381. The number of rotatable bonds is 7. The van der Waals surface area contributed by atoms with Crippen molar-refractivity contribution in [1.29, 1.82) is 0 Å². The van der Waals surface area contributed by atoms with Gasteiger partial charge in [0.25, 0.3) is 0 Å². The molecule has 6 nitrogen and oxygen atoms in total. The maximum Gasteiger partial charge on any atom is 0.220 e. The molecular formula is C21H23BrN4O2S. The zero-order valence-corrected chi connectivity index (χ0v) is 18.6. The highest BCUT2D eigenvalue weighted by molar-refractivity contribution is 9.10. The number of carbonyl (C=O) groups is 1. The van der Waals surface area contributed by atoms with Gasteiger partial charge in [-0.1, -0.05) is 22.0 Å². The number of hydrogen-bond donors (Lipinski definition) is 2. The average Bonchev–Trinajstić information content (AvgIpc) is 3.07. The summed E-state index contributed by atoms with van der Waals surface area (Å²) in [5.41, 5.74) is 2.32. The van der Waals surface area contributed by atoms with Crippen LogP contribution in [-0.2, 0) is 22.4 Å². The van der Waals surface area contributed by atoms with E-state index in [0.717, 1.165) is 45.5 Å². The summed E-state index contributed by atoms with van der Waals surface area (Å²) in [6.07, 6.45) is 5.05. The third-order valence-electron chi connectivity index (χ3n) is 5.14. The number of nitrogens with one attached hydrogen (secondary N) is 2. The van der Waals surface area contributed by atoms with E-state index < -0.39 is 0 Å². The third-order valence-corrected chi connectivity index (χ3v) is 6.79. The maximum absolute atomic E-state index is 12.2. The van der Waals surface area contributed by atoms with Crippen LogP contribution in [0.3, 0.4) is 0 Å².